The Hall–Kier alpha value is -1.68. The van der Waals surface area contributed by atoms with Crippen molar-refractivity contribution in [2.45, 2.75) is 26.7 Å². The quantitative estimate of drug-likeness (QED) is 0.755. The van der Waals surface area contributed by atoms with Gasteiger partial charge in [-0.2, -0.15) is 0 Å². The zero-order chi connectivity index (χ0) is 13.7. The van der Waals surface area contributed by atoms with Crippen molar-refractivity contribution in [3.63, 3.8) is 0 Å². The zero-order valence-electron chi connectivity index (χ0n) is 11.2. The van der Waals surface area contributed by atoms with Gasteiger partial charge in [0.25, 0.3) is 0 Å². The number of aryl methyl sites for hydroxylation is 1. The zero-order valence-corrected chi connectivity index (χ0v) is 12.0. The highest BCUT2D eigenvalue weighted by molar-refractivity contribution is 7.09. The number of Topliss-reactive ketones (excluding diaryl/α,β-unsaturated/α-hetero) is 1. The monoisotopic (exact) mass is 275 g/mol. The van der Waals surface area contributed by atoms with Crippen LogP contribution < -0.4 is 4.74 Å². The summed E-state index contributed by atoms with van der Waals surface area (Å²) in [6.07, 6.45) is 1.34. The lowest BCUT2D eigenvalue weighted by Crippen LogP contribution is -2.03. The Balaban J connectivity index is 1.99. The molecule has 0 unspecified atom stereocenters. The fraction of sp³-hybridized carbons (Fsp3) is 0.333. The molecule has 100 valence electrons. The van der Waals surface area contributed by atoms with Crippen molar-refractivity contribution in [3.05, 3.63) is 45.9 Å². The van der Waals surface area contributed by atoms with E-state index in [0.717, 1.165) is 22.9 Å². The van der Waals surface area contributed by atoms with Crippen LogP contribution in [0.3, 0.4) is 0 Å². The van der Waals surface area contributed by atoms with Crippen LogP contribution in [0.2, 0.25) is 0 Å². The van der Waals surface area contributed by atoms with Gasteiger partial charge in [0.2, 0.25) is 0 Å². The molecular weight excluding hydrogens is 258 g/mol. The van der Waals surface area contributed by atoms with Crippen LogP contribution in [-0.2, 0) is 6.42 Å². The van der Waals surface area contributed by atoms with E-state index in [2.05, 4.69) is 11.9 Å². The minimum Gasteiger partial charge on any atom is -0.494 e. The first kappa shape index (κ1) is 13.7. The van der Waals surface area contributed by atoms with Crippen molar-refractivity contribution in [2.24, 2.45) is 0 Å². The Labute approximate surface area is 117 Å². The van der Waals surface area contributed by atoms with E-state index in [1.54, 1.807) is 0 Å². The highest BCUT2D eigenvalue weighted by Gasteiger charge is 2.09. The first-order valence-electron chi connectivity index (χ1n) is 6.36. The number of hydrogen-bond donors (Lipinski definition) is 0. The summed E-state index contributed by atoms with van der Waals surface area (Å²) in [5.41, 5.74) is 1.67. The largest absolute Gasteiger partial charge is 0.494 e. The number of rotatable bonds is 6. The molecule has 0 spiro atoms. The Morgan fingerprint density at radius 1 is 1.32 bits per heavy atom. The third kappa shape index (κ3) is 3.89. The molecule has 4 heteroatoms. The average molecular weight is 275 g/mol. The topological polar surface area (TPSA) is 39.2 Å². The Morgan fingerprint density at radius 2 is 2.05 bits per heavy atom. The molecule has 0 N–H and O–H groups in total. The molecule has 2 aromatic rings. The first-order valence-corrected chi connectivity index (χ1v) is 7.24. The second kappa shape index (κ2) is 6.48. The molecule has 0 aliphatic carbocycles. The number of benzene rings is 1. The second-order valence-electron chi connectivity index (χ2n) is 4.36. The minimum absolute atomic E-state index is 0.0939. The number of hydrogen-bond acceptors (Lipinski definition) is 4. The molecular formula is C15H17NO2S. The van der Waals surface area contributed by atoms with Crippen LogP contribution in [0.1, 0.15) is 34.4 Å². The van der Waals surface area contributed by atoms with E-state index < -0.39 is 0 Å². The number of nitrogens with zero attached hydrogens (tertiary/aromatic N) is 1. The van der Waals surface area contributed by atoms with Crippen LogP contribution in [0.4, 0.5) is 0 Å². The molecule has 0 saturated carbocycles. The van der Waals surface area contributed by atoms with Gasteiger partial charge in [-0.3, -0.25) is 4.79 Å². The number of ether oxygens (including phenoxy) is 1. The molecule has 2 rings (SSSR count). The molecule has 0 saturated heterocycles. The average Bonchev–Trinajstić information content (AvgIpc) is 2.82. The summed E-state index contributed by atoms with van der Waals surface area (Å²) < 4.78 is 5.49. The molecule has 3 nitrogen and oxygen atoms in total. The predicted molar refractivity (Wildman–Crippen MR) is 77.1 cm³/mol. The van der Waals surface area contributed by atoms with Gasteiger partial charge >= 0.3 is 0 Å². The number of carbonyl (C=O) groups is 1. The smallest absolute Gasteiger partial charge is 0.169 e. The maximum Gasteiger partial charge on any atom is 0.169 e. The maximum atomic E-state index is 12.1. The van der Waals surface area contributed by atoms with E-state index in [0.29, 0.717) is 18.6 Å². The van der Waals surface area contributed by atoms with Crippen molar-refractivity contribution < 1.29 is 9.53 Å². The second-order valence-corrected chi connectivity index (χ2v) is 5.30. The lowest BCUT2D eigenvalue weighted by molar-refractivity contribution is 0.0993. The third-order valence-corrected chi connectivity index (χ3v) is 3.59. The molecule has 0 atom stereocenters. The Kier molecular flexibility index (Phi) is 4.68. The molecule has 0 aliphatic heterocycles. The fourth-order valence-electron chi connectivity index (χ4n) is 1.68. The van der Waals surface area contributed by atoms with Crippen LogP contribution in [0.5, 0.6) is 5.75 Å². The van der Waals surface area contributed by atoms with Crippen molar-refractivity contribution in [1.29, 1.82) is 0 Å². The Bertz CT molecular complexity index is 546. The van der Waals surface area contributed by atoms with E-state index in [4.69, 9.17) is 4.74 Å². The summed E-state index contributed by atoms with van der Waals surface area (Å²) in [5.74, 6) is 0.903. The van der Waals surface area contributed by atoms with Crippen molar-refractivity contribution in [1.82, 2.24) is 4.98 Å². The third-order valence-electron chi connectivity index (χ3n) is 2.63. The summed E-state index contributed by atoms with van der Waals surface area (Å²) in [7, 11) is 0. The van der Waals surface area contributed by atoms with Gasteiger partial charge in [0.1, 0.15) is 10.8 Å². The van der Waals surface area contributed by atoms with Gasteiger partial charge in [0.15, 0.2) is 5.78 Å². The fourth-order valence-corrected chi connectivity index (χ4v) is 2.45. The molecule has 0 aliphatic rings. The van der Waals surface area contributed by atoms with E-state index in [-0.39, 0.29) is 5.78 Å². The predicted octanol–water partition coefficient (Wildman–Crippen LogP) is 3.67. The number of carbonyl (C=O) groups excluding carboxylic acids is 1. The molecule has 0 amide bonds. The standard InChI is InChI=1S/C15H17NO2S/c1-3-8-18-13-6-4-12(5-7-13)14(17)9-15-16-11(2)10-19-15/h4-7,10H,3,8-9H2,1-2H3. The van der Waals surface area contributed by atoms with Gasteiger partial charge in [0, 0.05) is 16.6 Å². The van der Waals surface area contributed by atoms with E-state index in [9.17, 15) is 4.79 Å². The highest BCUT2D eigenvalue weighted by Crippen LogP contribution is 2.16. The summed E-state index contributed by atoms with van der Waals surface area (Å²) in [5, 5.41) is 2.83. The molecule has 1 aromatic carbocycles. The van der Waals surface area contributed by atoms with Gasteiger partial charge in [-0.15, -0.1) is 11.3 Å². The Morgan fingerprint density at radius 3 is 2.63 bits per heavy atom. The van der Waals surface area contributed by atoms with Crippen LogP contribution in [0.15, 0.2) is 29.6 Å². The number of aromatic nitrogens is 1. The van der Waals surface area contributed by atoms with Crippen LogP contribution in [-0.4, -0.2) is 17.4 Å². The van der Waals surface area contributed by atoms with E-state index in [1.807, 2.05) is 36.6 Å². The van der Waals surface area contributed by atoms with E-state index >= 15 is 0 Å². The van der Waals surface area contributed by atoms with Crippen molar-refractivity contribution >= 4 is 17.1 Å². The van der Waals surface area contributed by atoms with E-state index in [1.165, 1.54) is 11.3 Å². The molecule has 0 fully saturated rings. The normalized spacial score (nSPS) is 10.4. The summed E-state index contributed by atoms with van der Waals surface area (Å²) in [6, 6.07) is 7.31. The van der Waals surface area contributed by atoms with Gasteiger partial charge in [-0.25, -0.2) is 4.98 Å². The molecule has 0 radical (unpaired) electrons. The summed E-state index contributed by atoms with van der Waals surface area (Å²) in [4.78, 5) is 16.4. The van der Waals surface area contributed by atoms with Crippen molar-refractivity contribution in [3.8, 4) is 5.75 Å². The van der Waals surface area contributed by atoms with Crippen LogP contribution in [0, 0.1) is 6.92 Å². The van der Waals surface area contributed by atoms with Crippen LogP contribution >= 0.6 is 11.3 Å². The summed E-state index contributed by atoms with van der Waals surface area (Å²) >= 11 is 1.53. The summed E-state index contributed by atoms with van der Waals surface area (Å²) in [6.45, 7) is 4.70. The number of thiazole rings is 1. The minimum atomic E-state index is 0.0939. The van der Waals surface area contributed by atoms with Crippen LogP contribution in [0.25, 0.3) is 0 Å². The molecule has 1 aromatic heterocycles. The highest BCUT2D eigenvalue weighted by atomic mass is 32.1. The lowest BCUT2D eigenvalue weighted by Gasteiger charge is -2.05. The lowest BCUT2D eigenvalue weighted by atomic mass is 10.1. The van der Waals surface area contributed by atoms with Gasteiger partial charge in [-0.05, 0) is 37.6 Å². The molecule has 19 heavy (non-hydrogen) atoms. The molecule has 1 heterocycles. The van der Waals surface area contributed by atoms with Gasteiger partial charge in [0.05, 0.1) is 13.0 Å². The number of ketones is 1. The SMILES string of the molecule is CCCOc1ccc(C(=O)Cc2nc(C)cs2)cc1. The first-order chi connectivity index (χ1) is 9.19. The van der Waals surface area contributed by atoms with Gasteiger partial charge in [-0.1, -0.05) is 6.92 Å². The molecule has 0 bridgehead atoms. The maximum absolute atomic E-state index is 12.1. The van der Waals surface area contributed by atoms with Crippen molar-refractivity contribution in [2.75, 3.05) is 6.61 Å². The van der Waals surface area contributed by atoms with Gasteiger partial charge < -0.3 is 4.74 Å².